The van der Waals surface area contributed by atoms with E-state index in [-0.39, 0.29) is 11.3 Å². The number of amides is 1. The van der Waals surface area contributed by atoms with Crippen LogP contribution in [-0.4, -0.2) is 38.1 Å². The Morgan fingerprint density at radius 2 is 2.24 bits per heavy atom. The highest BCUT2D eigenvalue weighted by Gasteiger charge is 2.33. The predicted molar refractivity (Wildman–Crippen MR) is 83.2 cm³/mol. The second-order valence-corrected chi connectivity index (χ2v) is 6.25. The summed E-state index contributed by atoms with van der Waals surface area (Å²) in [6.45, 7) is 3.24. The van der Waals surface area contributed by atoms with Crippen LogP contribution in [0.1, 0.15) is 23.6 Å². The third kappa shape index (κ3) is 2.91. The highest BCUT2D eigenvalue weighted by Crippen LogP contribution is 2.37. The number of nitrogens with zero attached hydrogens (tertiary/aromatic N) is 4. The van der Waals surface area contributed by atoms with Crippen molar-refractivity contribution in [3.8, 4) is 0 Å². The molecule has 21 heavy (non-hydrogen) atoms. The highest BCUT2D eigenvalue weighted by molar-refractivity contribution is 8.00. The van der Waals surface area contributed by atoms with Gasteiger partial charge < -0.3 is 4.90 Å². The molecule has 2 heterocycles. The van der Waals surface area contributed by atoms with Crippen molar-refractivity contribution in [1.82, 2.24) is 19.9 Å². The molecule has 1 fully saturated rings. The molecule has 1 amide bonds. The Labute approximate surface area is 132 Å². The molecule has 5 nitrogen and oxygen atoms in total. The maximum atomic E-state index is 11.8. The molecule has 0 aliphatic carbocycles. The zero-order valence-electron chi connectivity index (χ0n) is 11.6. The van der Waals surface area contributed by atoms with Crippen molar-refractivity contribution in [3.05, 3.63) is 46.7 Å². The number of hydrogen-bond donors (Lipinski definition) is 0. The maximum Gasteiger partial charge on any atom is 0.233 e. The molecule has 0 radical (unpaired) electrons. The van der Waals surface area contributed by atoms with Crippen LogP contribution >= 0.6 is 23.4 Å². The van der Waals surface area contributed by atoms with Crippen molar-refractivity contribution >= 4 is 29.3 Å². The van der Waals surface area contributed by atoms with E-state index in [1.807, 2.05) is 42.3 Å². The molecule has 1 unspecified atom stereocenters. The Balaban J connectivity index is 1.78. The van der Waals surface area contributed by atoms with E-state index >= 15 is 0 Å². The number of carbonyl (C=O) groups excluding carboxylic acids is 1. The number of aromatic nitrogens is 3. The summed E-state index contributed by atoms with van der Waals surface area (Å²) in [7, 11) is 0. The van der Waals surface area contributed by atoms with Gasteiger partial charge >= 0.3 is 0 Å². The van der Waals surface area contributed by atoms with E-state index < -0.39 is 0 Å². The lowest BCUT2D eigenvalue weighted by Gasteiger charge is -2.19. The summed E-state index contributed by atoms with van der Waals surface area (Å²) in [5.74, 6) is 0.670. The topological polar surface area (TPSA) is 51.0 Å². The molecule has 1 aliphatic rings. The lowest BCUT2D eigenvalue weighted by atomic mass is 10.2. The van der Waals surface area contributed by atoms with Crippen molar-refractivity contribution in [1.29, 1.82) is 0 Å². The van der Waals surface area contributed by atoms with Gasteiger partial charge in [-0.1, -0.05) is 35.0 Å². The van der Waals surface area contributed by atoms with E-state index in [1.54, 1.807) is 16.4 Å². The van der Waals surface area contributed by atoms with Gasteiger partial charge in [0.15, 0.2) is 0 Å². The Bertz CT molecular complexity index is 660. The van der Waals surface area contributed by atoms with E-state index in [1.165, 1.54) is 0 Å². The van der Waals surface area contributed by atoms with Gasteiger partial charge in [-0.3, -0.25) is 4.79 Å². The Morgan fingerprint density at radius 3 is 3.00 bits per heavy atom. The summed E-state index contributed by atoms with van der Waals surface area (Å²) in [6, 6.07) is 7.68. The van der Waals surface area contributed by atoms with Crippen LogP contribution < -0.4 is 0 Å². The second-order valence-electron chi connectivity index (χ2n) is 4.78. The molecule has 0 N–H and O–H groups in total. The zero-order valence-corrected chi connectivity index (χ0v) is 13.1. The molecule has 7 heteroatoms. The third-order valence-electron chi connectivity index (χ3n) is 3.41. The molecule has 1 aromatic carbocycles. The number of hydrogen-bond acceptors (Lipinski definition) is 4. The van der Waals surface area contributed by atoms with Gasteiger partial charge in [0.2, 0.25) is 5.91 Å². The van der Waals surface area contributed by atoms with Gasteiger partial charge in [0.05, 0.1) is 18.5 Å². The van der Waals surface area contributed by atoms with E-state index in [4.69, 9.17) is 11.6 Å². The monoisotopic (exact) mass is 322 g/mol. The summed E-state index contributed by atoms with van der Waals surface area (Å²) < 4.78 is 1.76. The fourth-order valence-electron chi connectivity index (χ4n) is 2.35. The molecule has 0 spiro atoms. The van der Waals surface area contributed by atoms with Crippen LogP contribution in [0.2, 0.25) is 5.02 Å². The van der Waals surface area contributed by atoms with Crippen molar-refractivity contribution in [2.45, 2.75) is 18.8 Å². The lowest BCUT2D eigenvalue weighted by molar-refractivity contribution is -0.127. The average molecular weight is 323 g/mol. The minimum Gasteiger partial charge on any atom is -0.324 e. The number of carbonyl (C=O) groups is 1. The number of rotatable bonds is 4. The minimum atomic E-state index is -0.0255. The minimum absolute atomic E-state index is 0.0255. The van der Waals surface area contributed by atoms with Gasteiger partial charge in [-0.2, -0.15) is 0 Å². The standard InChI is InChI=1S/C14H15ClN4OS/c1-2-19-13(20)9-21-14(19)12-8-18(17-16-12)7-10-5-3-4-6-11(10)15/h3-6,8,14H,2,7,9H2,1H3. The van der Waals surface area contributed by atoms with E-state index in [2.05, 4.69) is 10.3 Å². The molecule has 1 atom stereocenters. The SMILES string of the molecule is CCN1C(=O)CSC1c1cn(Cc2ccccc2Cl)nn1. The molecule has 0 bridgehead atoms. The van der Waals surface area contributed by atoms with Crippen LogP contribution in [0, 0.1) is 0 Å². The van der Waals surface area contributed by atoms with Gasteiger partial charge in [-0.05, 0) is 18.6 Å². The van der Waals surface area contributed by atoms with Crippen molar-refractivity contribution in [3.63, 3.8) is 0 Å². The largest absolute Gasteiger partial charge is 0.324 e. The molecule has 3 rings (SSSR count). The normalized spacial score (nSPS) is 18.5. The summed E-state index contributed by atoms with van der Waals surface area (Å²) in [5, 5.41) is 9.05. The van der Waals surface area contributed by atoms with Gasteiger partial charge in [-0.15, -0.1) is 16.9 Å². The van der Waals surface area contributed by atoms with Gasteiger partial charge in [0.25, 0.3) is 0 Å². The van der Waals surface area contributed by atoms with Crippen molar-refractivity contribution in [2.24, 2.45) is 0 Å². The van der Waals surface area contributed by atoms with Crippen LogP contribution in [0.25, 0.3) is 0 Å². The van der Waals surface area contributed by atoms with Gasteiger partial charge in [0.1, 0.15) is 11.1 Å². The first-order chi connectivity index (χ1) is 10.2. The summed E-state index contributed by atoms with van der Waals surface area (Å²) in [5.41, 5.74) is 1.82. The van der Waals surface area contributed by atoms with Crippen LogP contribution in [0.4, 0.5) is 0 Å². The molecular formula is C14H15ClN4OS. The van der Waals surface area contributed by atoms with Crippen LogP contribution in [0.5, 0.6) is 0 Å². The first-order valence-corrected chi connectivity index (χ1v) is 8.16. The summed E-state index contributed by atoms with van der Waals surface area (Å²) in [6.07, 6.45) is 1.89. The molecule has 2 aromatic rings. The van der Waals surface area contributed by atoms with Crippen LogP contribution in [0.15, 0.2) is 30.5 Å². The van der Waals surface area contributed by atoms with E-state index in [9.17, 15) is 4.79 Å². The summed E-state index contributed by atoms with van der Waals surface area (Å²) in [4.78, 5) is 13.6. The fourth-order valence-corrected chi connectivity index (χ4v) is 3.73. The number of halogens is 1. The fraction of sp³-hybridized carbons (Fsp3) is 0.357. The quantitative estimate of drug-likeness (QED) is 0.868. The Hall–Kier alpha value is -1.53. The van der Waals surface area contributed by atoms with Crippen LogP contribution in [0.3, 0.4) is 0 Å². The highest BCUT2D eigenvalue weighted by atomic mass is 35.5. The second kappa shape index (κ2) is 6.07. The number of benzene rings is 1. The average Bonchev–Trinajstić information content (AvgIpc) is 3.07. The first kappa shape index (κ1) is 14.4. The summed E-state index contributed by atoms with van der Waals surface area (Å²) >= 11 is 7.75. The molecule has 1 saturated heterocycles. The number of thioether (sulfide) groups is 1. The van der Waals surface area contributed by atoms with Crippen LogP contribution in [-0.2, 0) is 11.3 Å². The van der Waals surface area contributed by atoms with E-state index in [0.29, 0.717) is 18.8 Å². The molecule has 1 aliphatic heterocycles. The van der Waals surface area contributed by atoms with E-state index in [0.717, 1.165) is 16.3 Å². The predicted octanol–water partition coefficient (Wildman–Crippen LogP) is 2.57. The van der Waals surface area contributed by atoms with Gasteiger partial charge in [0, 0.05) is 11.6 Å². The molecular weight excluding hydrogens is 308 g/mol. The van der Waals surface area contributed by atoms with Crippen molar-refractivity contribution in [2.75, 3.05) is 12.3 Å². The first-order valence-electron chi connectivity index (χ1n) is 6.73. The molecule has 110 valence electrons. The molecule has 0 saturated carbocycles. The van der Waals surface area contributed by atoms with Crippen molar-refractivity contribution < 1.29 is 4.79 Å². The third-order valence-corrected chi connectivity index (χ3v) is 5.00. The smallest absolute Gasteiger partial charge is 0.233 e. The Kier molecular flexibility index (Phi) is 4.17. The molecule has 1 aromatic heterocycles. The Morgan fingerprint density at radius 1 is 1.43 bits per heavy atom. The maximum absolute atomic E-state index is 11.8. The van der Waals surface area contributed by atoms with Gasteiger partial charge in [-0.25, -0.2) is 4.68 Å². The zero-order chi connectivity index (χ0) is 14.8. The lowest BCUT2D eigenvalue weighted by Crippen LogP contribution is -2.27.